The van der Waals surface area contributed by atoms with E-state index in [9.17, 15) is 10.2 Å². The quantitative estimate of drug-likeness (QED) is 0.676. The second-order valence-corrected chi connectivity index (χ2v) is 6.17. The summed E-state index contributed by atoms with van der Waals surface area (Å²) in [6, 6.07) is 2.95. The third kappa shape index (κ3) is 2.27. The zero-order valence-electron chi connectivity index (χ0n) is 11.9. The Bertz CT molecular complexity index is 797. The van der Waals surface area contributed by atoms with Crippen LogP contribution in [0.15, 0.2) is 18.3 Å². The topological polar surface area (TPSA) is 82.0 Å². The van der Waals surface area contributed by atoms with Gasteiger partial charge in [0.1, 0.15) is 11.5 Å². The van der Waals surface area contributed by atoms with Gasteiger partial charge in [-0.25, -0.2) is 4.98 Å². The van der Waals surface area contributed by atoms with Crippen LogP contribution in [0.2, 0.25) is 0 Å². The number of rotatable bonds is 2. The van der Waals surface area contributed by atoms with Crippen molar-refractivity contribution in [2.75, 3.05) is 0 Å². The van der Waals surface area contributed by atoms with Gasteiger partial charge in [0.25, 0.3) is 0 Å². The molecule has 2 aromatic heterocycles. The Morgan fingerprint density at radius 3 is 2.52 bits per heavy atom. The van der Waals surface area contributed by atoms with Crippen molar-refractivity contribution in [1.82, 2.24) is 15.2 Å². The number of phenolic OH excluding ortho intramolecular Hbond substituents is 2. The largest absolute Gasteiger partial charge is 0.508 e. The number of hydrogen-bond donors (Lipinski definition) is 3. The van der Waals surface area contributed by atoms with E-state index in [0.717, 1.165) is 32.4 Å². The summed E-state index contributed by atoms with van der Waals surface area (Å²) in [5, 5.41) is 27.8. The van der Waals surface area contributed by atoms with Crippen molar-refractivity contribution in [3.05, 3.63) is 34.6 Å². The molecule has 3 aromatic rings. The maximum absolute atomic E-state index is 10.2. The Morgan fingerprint density at radius 2 is 1.90 bits per heavy atom. The van der Waals surface area contributed by atoms with Crippen molar-refractivity contribution in [3.8, 4) is 33.2 Å². The molecule has 0 aliphatic rings. The molecule has 6 heteroatoms. The van der Waals surface area contributed by atoms with Crippen LogP contribution in [0, 0.1) is 20.8 Å². The van der Waals surface area contributed by atoms with E-state index >= 15 is 0 Å². The van der Waals surface area contributed by atoms with Crippen LogP contribution in [0.4, 0.5) is 0 Å². The molecule has 0 spiro atoms. The van der Waals surface area contributed by atoms with Crippen molar-refractivity contribution in [2.24, 2.45) is 0 Å². The van der Waals surface area contributed by atoms with E-state index in [-0.39, 0.29) is 11.5 Å². The van der Waals surface area contributed by atoms with Crippen molar-refractivity contribution < 1.29 is 10.2 Å². The first kappa shape index (κ1) is 13.6. The number of nitrogens with one attached hydrogen (secondary N) is 1. The van der Waals surface area contributed by atoms with Gasteiger partial charge in [-0.3, -0.25) is 5.10 Å². The highest BCUT2D eigenvalue weighted by Gasteiger charge is 2.19. The van der Waals surface area contributed by atoms with Gasteiger partial charge in [-0.05, 0) is 32.4 Å². The lowest BCUT2D eigenvalue weighted by Crippen LogP contribution is -1.88. The number of aromatic amines is 1. The molecule has 0 bridgehead atoms. The summed E-state index contributed by atoms with van der Waals surface area (Å²) in [6.07, 6.45) is 1.74. The molecule has 21 heavy (non-hydrogen) atoms. The fourth-order valence-electron chi connectivity index (χ4n) is 2.51. The van der Waals surface area contributed by atoms with Crippen LogP contribution in [0.3, 0.4) is 0 Å². The maximum atomic E-state index is 10.2. The molecular weight excluding hydrogens is 286 g/mol. The van der Waals surface area contributed by atoms with Gasteiger partial charge in [0.15, 0.2) is 0 Å². The molecule has 0 unspecified atom stereocenters. The van der Waals surface area contributed by atoms with Crippen LogP contribution >= 0.6 is 11.3 Å². The number of aryl methyl sites for hydroxylation is 3. The smallest absolute Gasteiger partial charge is 0.128 e. The van der Waals surface area contributed by atoms with Crippen LogP contribution in [-0.2, 0) is 0 Å². The molecule has 0 saturated heterocycles. The van der Waals surface area contributed by atoms with Crippen molar-refractivity contribution in [2.45, 2.75) is 20.8 Å². The van der Waals surface area contributed by atoms with Crippen LogP contribution < -0.4 is 0 Å². The van der Waals surface area contributed by atoms with E-state index in [1.54, 1.807) is 23.6 Å². The van der Waals surface area contributed by atoms with E-state index in [2.05, 4.69) is 15.2 Å². The summed E-state index contributed by atoms with van der Waals surface area (Å²) < 4.78 is 0. The Hall–Kier alpha value is -2.34. The minimum atomic E-state index is 0.0249. The number of thiazole rings is 1. The molecule has 108 valence electrons. The van der Waals surface area contributed by atoms with E-state index in [1.807, 2.05) is 20.8 Å². The predicted octanol–water partition coefficient (Wildman–Crippen LogP) is 3.54. The fraction of sp³-hybridized carbons (Fsp3) is 0.200. The number of nitrogens with zero attached hydrogens (tertiary/aromatic N) is 2. The molecule has 0 aliphatic carbocycles. The lowest BCUT2D eigenvalue weighted by Gasteiger charge is -2.09. The van der Waals surface area contributed by atoms with Crippen molar-refractivity contribution >= 4 is 11.3 Å². The normalized spacial score (nSPS) is 11.0. The van der Waals surface area contributed by atoms with Crippen LogP contribution in [0.5, 0.6) is 11.5 Å². The first-order chi connectivity index (χ1) is 9.97. The Balaban J connectivity index is 2.23. The number of aromatic hydroxyl groups is 2. The van der Waals surface area contributed by atoms with Crippen LogP contribution in [0.1, 0.15) is 16.3 Å². The average molecular weight is 301 g/mol. The Kier molecular flexibility index (Phi) is 3.17. The molecule has 0 fully saturated rings. The number of benzene rings is 1. The molecule has 0 amide bonds. The van der Waals surface area contributed by atoms with Gasteiger partial charge < -0.3 is 10.2 Å². The predicted molar refractivity (Wildman–Crippen MR) is 82.7 cm³/mol. The molecule has 3 rings (SSSR count). The third-order valence-corrected chi connectivity index (χ3v) is 4.44. The van der Waals surface area contributed by atoms with Gasteiger partial charge in [-0.15, -0.1) is 11.3 Å². The van der Waals surface area contributed by atoms with Crippen molar-refractivity contribution in [3.63, 3.8) is 0 Å². The zero-order valence-corrected chi connectivity index (χ0v) is 12.7. The van der Waals surface area contributed by atoms with Gasteiger partial charge in [0, 0.05) is 17.2 Å². The molecular formula is C15H15N3O2S. The standard InChI is InChI=1S/C15H15N3O2S/c1-7-4-10(19)5-12(20)13(7)14-11(6-16-18-14)15-8(2)17-9(3)21-15/h4-6,19-20H,1-3H3,(H,16,18). The second kappa shape index (κ2) is 4.89. The highest BCUT2D eigenvalue weighted by molar-refractivity contribution is 7.15. The summed E-state index contributed by atoms with van der Waals surface area (Å²) in [6.45, 7) is 5.76. The first-order valence-corrected chi connectivity index (χ1v) is 7.29. The van der Waals surface area contributed by atoms with Gasteiger partial charge in [-0.1, -0.05) is 0 Å². The number of aromatic nitrogens is 3. The molecule has 1 aromatic carbocycles. The minimum Gasteiger partial charge on any atom is -0.508 e. The second-order valence-electron chi connectivity index (χ2n) is 4.96. The highest BCUT2D eigenvalue weighted by atomic mass is 32.1. The third-order valence-electron chi connectivity index (χ3n) is 3.34. The number of H-pyrrole nitrogens is 1. The van der Waals surface area contributed by atoms with E-state index in [0.29, 0.717) is 5.56 Å². The molecule has 0 saturated carbocycles. The van der Waals surface area contributed by atoms with Crippen LogP contribution in [0.25, 0.3) is 21.7 Å². The minimum absolute atomic E-state index is 0.0249. The molecule has 0 aliphatic heterocycles. The van der Waals surface area contributed by atoms with E-state index < -0.39 is 0 Å². The van der Waals surface area contributed by atoms with Gasteiger partial charge in [0.2, 0.25) is 0 Å². The summed E-state index contributed by atoms with van der Waals surface area (Å²) in [7, 11) is 0. The zero-order chi connectivity index (χ0) is 15.1. The maximum Gasteiger partial charge on any atom is 0.128 e. The SMILES string of the molecule is Cc1nc(C)c(-c2cn[nH]c2-c2c(C)cc(O)cc2O)s1. The Labute approximate surface area is 125 Å². The number of phenols is 2. The monoisotopic (exact) mass is 301 g/mol. The van der Waals surface area contributed by atoms with Gasteiger partial charge >= 0.3 is 0 Å². The molecule has 5 nitrogen and oxygen atoms in total. The number of hydrogen-bond acceptors (Lipinski definition) is 5. The molecule has 0 atom stereocenters. The summed E-state index contributed by atoms with van der Waals surface area (Å²) >= 11 is 1.59. The van der Waals surface area contributed by atoms with Gasteiger partial charge in [-0.2, -0.15) is 5.10 Å². The summed E-state index contributed by atoms with van der Waals surface area (Å²) in [4.78, 5) is 5.47. The molecule has 2 heterocycles. The summed E-state index contributed by atoms with van der Waals surface area (Å²) in [5.41, 5.74) is 4.00. The fourth-order valence-corrected chi connectivity index (χ4v) is 3.44. The first-order valence-electron chi connectivity index (χ1n) is 6.48. The van der Waals surface area contributed by atoms with E-state index in [4.69, 9.17) is 0 Å². The van der Waals surface area contributed by atoms with Crippen LogP contribution in [-0.4, -0.2) is 25.4 Å². The highest BCUT2D eigenvalue weighted by Crippen LogP contribution is 2.41. The van der Waals surface area contributed by atoms with Gasteiger partial charge in [0.05, 0.1) is 27.5 Å². The molecule has 0 radical (unpaired) electrons. The van der Waals surface area contributed by atoms with E-state index in [1.165, 1.54) is 6.07 Å². The Morgan fingerprint density at radius 1 is 1.14 bits per heavy atom. The lowest BCUT2D eigenvalue weighted by atomic mass is 10.00. The van der Waals surface area contributed by atoms with Crippen molar-refractivity contribution in [1.29, 1.82) is 0 Å². The average Bonchev–Trinajstić information content (AvgIpc) is 2.94. The molecule has 3 N–H and O–H groups in total. The summed E-state index contributed by atoms with van der Waals surface area (Å²) in [5.74, 6) is 0.0662. The lowest BCUT2D eigenvalue weighted by molar-refractivity contribution is 0.451.